The van der Waals surface area contributed by atoms with E-state index in [2.05, 4.69) is 33.6 Å². The Labute approximate surface area is 114 Å². The lowest BCUT2D eigenvalue weighted by Crippen LogP contribution is -2.48. The van der Waals surface area contributed by atoms with E-state index in [9.17, 15) is 4.79 Å². The summed E-state index contributed by atoms with van der Waals surface area (Å²) in [6.07, 6.45) is 8.71. The first-order valence-corrected chi connectivity index (χ1v) is 7.37. The Kier molecular flexibility index (Phi) is 2.08. The molecule has 3 aliphatic heterocycles. The smallest absolute Gasteiger partial charge is 0.332 e. The first-order chi connectivity index (χ1) is 8.21. The van der Waals surface area contributed by atoms with Gasteiger partial charge < -0.3 is 4.74 Å². The highest BCUT2D eigenvalue weighted by Gasteiger charge is 2.61. The van der Waals surface area contributed by atoms with Crippen molar-refractivity contribution in [2.24, 2.45) is 0 Å². The molecule has 3 atom stereocenters. The lowest BCUT2D eigenvalue weighted by atomic mass is 9.80. The van der Waals surface area contributed by atoms with Crippen LogP contribution in [0.2, 0.25) is 0 Å². The normalized spacial score (nSPS) is 43.7. The van der Waals surface area contributed by atoms with Crippen molar-refractivity contribution in [2.45, 2.75) is 43.4 Å². The van der Waals surface area contributed by atoms with Crippen molar-refractivity contribution in [2.75, 3.05) is 6.54 Å². The predicted octanol–water partition coefficient (Wildman–Crippen LogP) is 2.17. The number of hydrogen-bond donors (Lipinski definition) is 0. The molecule has 2 bridgehead atoms. The molecule has 2 fully saturated rings. The first kappa shape index (κ1) is 10.6. The van der Waals surface area contributed by atoms with Gasteiger partial charge in [-0.25, -0.2) is 4.79 Å². The van der Waals surface area contributed by atoms with Crippen molar-refractivity contribution >= 4 is 28.6 Å². The molecule has 4 rings (SSSR count). The maximum atomic E-state index is 11.7. The number of piperidine rings is 1. The van der Waals surface area contributed by atoms with Crippen LogP contribution < -0.4 is 0 Å². The molecular weight excluding hydrogens is 329 g/mol. The maximum Gasteiger partial charge on any atom is 0.332 e. The maximum absolute atomic E-state index is 11.7. The van der Waals surface area contributed by atoms with E-state index >= 15 is 0 Å². The van der Waals surface area contributed by atoms with Crippen LogP contribution in [-0.4, -0.2) is 35.1 Å². The molecule has 1 spiro atoms. The molecule has 0 aromatic carbocycles. The Hall–Kier alpha value is -0.360. The summed E-state index contributed by atoms with van der Waals surface area (Å²) in [6.45, 7) is 1.16. The van der Waals surface area contributed by atoms with Crippen LogP contribution in [0.1, 0.15) is 25.7 Å². The fourth-order valence-corrected chi connectivity index (χ4v) is 5.03. The largest absolute Gasteiger partial charge is 0.449 e. The van der Waals surface area contributed by atoms with Gasteiger partial charge in [-0.2, -0.15) is 0 Å². The van der Waals surface area contributed by atoms with E-state index in [1.807, 2.05) is 0 Å². The third-order valence-electron chi connectivity index (χ3n) is 4.62. The van der Waals surface area contributed by atoms with E-state index < -0.39 is 0 Å². The highest BCUT2D eigenvalue weighted by atomic mass is 127. The summed E-state index contributed by atoms with van der Waals surface area (Å²) in [7, 11) is 0. The van der Waals surface area contributed by atoms with Crippen LogP contribution >= 0.6 is 22.6 Å². The second-order valence-corrected chi connectivity index (χ2v) is 6.57. The molecule has 4 heteroatoms. The topological polar surface area (TPSA) is 29.5 Å². The van der Waals surface area contributed by atoms with Crippen molar-refractivity contribution in [1.82, 2.24) is 4.90 Å². The predicted molar refractivity (Wildman–Crippen MR) is 71.8 cm³/mol. The highest BCUT2D eigenvalue weighted by molar-refractivity contribution is 14.1. The van der Waals surface area contributed by atoms with E-state index in [0.717, 1.165) is 18.5 Å². The second kappa shape index (κ2) is 3.35. The van der Waals surface area contributed by atoms with Crippen LogP contribution in [0.15, 0.2) is 21.3 Å². The van der Waals surface area contributed by atoms with Crippen molar-refractivity contribution in [1.29, 1.82) is 0 Å². The van der Waals surface area contributed by atoms with Gasteiger partial charge in [-0.3, -0.25) is 4.90 Å². The quantitative estimate of drug-likeness (QED) is 0.499. The van der Waals surface area contributed by atoms with Gasteiger partial charge in [-0.05, 0) is 42.0 Å². The first-order valence-electron chi connectivity index (χ1n) is 6.29. The number of nitrogens with zero attached hydrogens (tertiary/aromatic N) is 1. The van der Waals surface area contributed by atoms with Gasteiger partial charge in [0.25, 0.3) is 0 Å². The van der Waals surface area contributed by atoms with Gasteiger partial charge in [0.15, 0.2) is 5.60 Å². The number of carbonyl (C=O) groups is 1. The minimum Gasteiger partial charge on any atom is -0.449 e. The SMILES string of the molecule is O=C1C=C2C(I)=CC3CC2(O1)C1CCCCN31. The molecule has 4 aliphatic rings. The van der Waals surface area contributed by atoms with Crippen LogP contribution in [-0.2, 0) is 9.53 Å². The fourth-order valence-electron chi connectivity index (χ4n) is 4.00. The Bertz CT molecular complexity index is 470. The van der Waals surface area contributed by atoms with Crippen LogP contribution in [0.3, 0.4) is 0 Å². The molecule has 90 valence electrons. The van der Waals surface area contributed by atoms with Crippen molar-refractivity contribution in [3.8, 4) is 0 Å². The number of rotatable bonds is 0. The van der Waals surface area contributed by atoms with Crippen molar-refractivity contribution in [3.05, 3.63) is 21.3 Å². The third kappa shape index (κ3) is 1.23. The Morgan fingerprint density at radius 3 is 3.24 bits per heavy atom. The van der Waals surface area contributed by atoms with E-state index in [4.69, 9.17) is 4.74 Å². The van der Waals surface area contributed by atoms with Gasteiger partial charge in [-0.1, -0.05) is 12.5 Å². The molecular formula is C13H14INO2. The van der Waals surface area contributed by atoms with E-state index in [1.54, 1.807) is 6.08 Å². The zero-order valence-electron chi connectivity index (χ0n) is 9.49. The third-order valence-corrected chi connectivity index (χ3v) is 5.56. The summed E-state index contributed by atoms with van der Waals surface area (Å²) in [5, 5.41) is 0. The number of hydrogen-bond acceptors (Lipinski definition) is 3. The molecule has 0 radical (unpaired) electrons. The monoisotopic (exact) mass is 343 g/mol. The number of ether oxygens (including phenoxy) is 1. The minimum atomic E-state index is -0.298. The lowest BCUT2D eigenvalue weighted by molar-refractivity contribution is -0.148. The molecule has 0 aromatic heterocycles. The Balaban J connectivity index is 1.87. The molecule has 1 aliphatic carbocycles. The van der Waals surface area contributed by atoms with Gasteiger partial charge in [0.1, 0.15) is 0 Å². The molecule has 0 N–H and O–H groups in total. The average molecular weight is 343 g/mol. The minimum absolute atomic E-state index is 0.143. The molecule has 3 heterocycles. The molecule has 2 saturated heterocycles. The zero-order chi connectivity index (χ0) is 11.6. The average Bonchev–Trinajstić information content (AvgIpc) is 2.79. The lowest BCUT2D eigenvalue weighted by Gasteiger charge is -2.38. The standard InChI is InChI=1S/C13H14INO2/c14-10-5-8-7-13(9(10)6-12(16)17-13)11-3-1-2-4-15(8)11/h5-6,8,11H,1-4,7H2. The fraction of sp³-hybridized carbons (Fsp3) is 0.615. The summed E-state index contributed by atoms with van der Waals surface area (Å²) in [4.78, 5) is 14.2. The van der Waals surface area contributed by atoms with E-state index in [1.165, 1.54) is 22.8 Å². The summed E-state index contributed by atoms with van der Waals surface area (Å²) >= 11 is 2.36. The van der Waals surface area contributed by atoms with Gasteiger partial charge in [0, 0.05) is 27.7 Å². The van der Waals surface area contributed by atoms with Gasteiger partial charge >= 0.3 is 5.97 Å². The Morgan fingerprint density at radius 2 is 2.35 bits per heavy atom. The van der Waals surface area contributed by atoms with Crippen LogP contribution in [0.25, 0.3) is 0 Å². The number of carbonyl (C=O) groups excluding carboxylic acids is 1. The zero-order valence-corrected chi connectivity index (χ0v) is 11.6. The number of fused-ring (bicyclic) bond motifs is 3. The summed E-state index contributed by atoms with van der Waals surface area (Å²) in [6, 6.07) is 0.901. The van der Waals surface area contributed by atoms with Crippen LogP contribution in [0.5, 0.6) is 0 Å². The second-order valence-electron chi connectivity index (χ2n) is 5.40. The van der Waals surface area contributed by atoms with Gasteiger partial charge in [0.05, 0.1) is 6.04 Å². The molecule has 3 unspecified atom stereocenters. The number of esters is 1. The van der Waals surface area contributed by atoms with Gasteiger partial charge in [-0.15, -0.1) is 0 Å². The Morgan fingerprint density at radius 1 is 1.47 bits per heavy atom. The molecule has 0 amide bonds. The molecule has 17 heavy (non-hydrogen) atoms. The molecule has 0 saturated carbocycles. The highest BCUT2D eigenvalue weighted by Crippen LogP contribution is 2.54. The van der Waals surface area contributed by atoms with Crippen molar-refractivity contribution in [3.63, 3.8) is 0 Å². The van der Waals surface area contributed by atoms with Crippen LogP contribution in [0.4, 0.5) is 0 Å². The number of halogens is 1. The summed E-state index contributed by atoms with van der Waals surface area (Å²) in [5.74, 6) is -0.143. The van der Waals surface area contributed by atoms with Crippen LogP contribution in [0, 0.1) is 0 Å². The van der Waals surface area contributed by atoms with E-state index in [0.29, 0.717) is 12.1 Å². The van der Waals surface area contributed by atoms with E-state index in [-0.39, 0.29) is 11.6 Å². The summed E-state index contributed by atoms with van der Waals surface area (Å²) < 4.78 is 6.99. The van der Waals surface area contributed by atoms with Gasteiger partial charge in [0.2, 0.25) is 0 Å². The summed E-state index contributed by atoms with van der Waals surface area (Å²) in [5.41, 5.74) is 0.849. The van der Waals surface area contributed by atoms with Crippen molar-refractivity contribution < 1.29 is 9.53 Å². The molecule has 3 nitrogen and oxygen atoms in total. The molecule has 0 aromatic rings.